The van der Waals surface area contributed by atoms with Crippen LogP contribution in [0, 0.1) is 6.92 Å². The molecule has 0 aliphatic carbocycles. The van der Waals surface area contributed by atoms with Crippen molar-refractivity contribution in [1.82, 2.24) is 5.32 Å². The molecule has 0 radical (unpaired) electrons. The van der Waals surface area contributed by atoms with Crippen molar-refractivity contribution < 1.29 is 15.0 Å². The van der Waals surface area contributed by atoms with Gasteiger partial charge in [-0.15, -0.1) is 12.4 Å². The number of aliphatic hydroxyl groups is 1. The van der Waals surface area contributed by atoms with Crippen LogP contribution in [0.3, 0.4) is 0 Å². The zero-order valence-corrected chi connectivity index (χ0v) is 15.9. The number of primary amides is 1. The second-order valence-electron chi connectivity index (χ2n) is 6.49. The second kappa shape index (κ2) is 10.2. The third-order valence-corrected chi connectivity index (χ3v) is 4.32. The number of hydrogen-bond acceptors (Lipinski definition) is 4. The normalized spacial score (nSPS) is 12.9. The molecule has 2 unspecified atom stereocenters. The van der Waals surface area contributed by atoms with E-state index in [0.717, 1.165) is 12.8 Å². The average Bonchev–Trinajstić information content (AvgIpc) is 2.59. The Balaban J connectivity index is 0.00000338. The lowest BCUT2D eigenvalue weighted by Gasteiger charge is -2.18. The highest BCUT2D eigenvalue weighted by atomic mass is 35.5. The van der Waals surface area contributed by atoms with Crippen molar-refractivity contribution in [2.75, 3.05) is 6.54 Å². The summed E-state index contributed by atoms with van der Waals surface area (Å²) in [5.74, 6) is -0.895. The third kappa shape index (κ3) is 6.33. The summed E-state index contributed by atoms with van der Waals surface area (Å²) in [5.41, 5.74) is 8.33. The fourth-order valence-corrected chi connectivity index (χ4v) is 2.63. The van der Waals surface area contributed by atoms with Crippen LogP contribution in [0.15, 0.2) is 42.5 Å². The number of nitrogens with two attached hydrogens (primary N) is 1. The number of nitrogens with one attached hydrogen (secondary N) is 1. The maximum absolute atomic E-state index is 11.3. The van der Waals surface area contributed by atoms with Crippen molar-refractivity contribution in [2.24, 2.45) is 5.73 Å². The van der Waals surface area contributed by atoms with Crippen LogP contribution in [0.1, 0.15) is 46.5 Å². The molecule has 5 N–H and O–H groups in total. The van der Waals surface area contributed by atoms with Crippen molar-refractivity contribution in [1.29, 1.82) is 0 Å². The first-order valence-corrected chi connectivity index (χ1v) is 8.46. The van der Waals surface area contributed by atoms with Gasteiger partial charge < -0.3 is 21.3 Å². The number of aliphatic hydroxyl groups excluding tert-OH is 1. The summed E-state index contributed by atoms with van der Waals surface area (Å²) < 4.78 is 0. The molecule has 5 nitrogen and oxygen atoms in total. The molecule has 142 valence electrons. The van der Waals surface area contributed by atoms with Gasteiger partial charge in [0.2, 0.25) is 0 Å². The van der Waals surface area contributed by atoms with Gasteiger partial charge in [0.05, 0.1) is 11.7 Å². The number of benzene rings is 2. The van der Waals surface area contributed by atoms with Crippen LogP contribution >= 0.6 is 12.4 Å². The number of phenols is 1. The summed E-state index contributed by atoms with van der Waals surface area (Å²) in [4.78, 5) is 11.3. The fraction of sp³-hybridized carbons (Fsp3) is 0.350. The highest BCUT2D eigenvalue weighted by Gasteiger charge is 2.14. The minimum absolute atomic E-state index is 0. The lowest BCUT2D eigenvalue weighted by molar-refractivity contribution is 0.0997. The van der Waals surface area contributed by atoms with Gasteiger partial charge in [-0.25, -0.2) is 0 Å². The van der Waals surface area contributed by atoms with Gasteiger partial charge in [-0.1, -0.05) is 35.9 Å². The van der Waals surface area contributed by atoms with E-state index < -0.39 is 12.0 Å². The molecule has 0 fully saturated rings. The van der Waals surface area contributed by atoms with Crippen LogP contribution < -0.4 is 11.1 Å². The number of carbonyl (C=O) groups excluding carboxylic acids is 1. The Morgan fingerprint density at radius 2 is 1.85 bits per heavy atom. The van der Waals surface area contributed by atoms with Gasteiger partial charge in [0.25, 0.3) is 5.91 Å². The first-order chi connectivity index (χ1) is 11.9. The number of hydrogen-bond donors (Lipinski definition) is 4. The van der Waals surface area contributed by atoms with Crippen LogP contribution in [0.2, 0.25) is 0 Å². The number of aromatic hydroxyl groups is 1. The molecule has 0 heterocycles. The molecule has 1 amide bonds. The standard InChI is InChI=1S/C20H26N2O3.ClH/c1-13-3-6-15(7-4-13)8-5-14(2)22-12-19(24)16-9-10-18(23)17(11-16)20(21)25;/h3-4,6-7,9-11,14,19,22-24H,5,8,12H2,1-2H3,(H2,21,25);1H. The van der Waals surface area contributed by atoms with Crippen molar-refractivity contribution in [3.05, 3.63) is 64.7 Å². The maximum atomic E-state index is 11.3. The molecule has 0 aliphatic rings. The van der Waals surface area contributed by atoms with E-state index in [0.29, 0.717) is 12.1 Å². The van der Waals surface area contributed by atoms with E-state index in [1.807, 2.05) is 0 Å². The molecule has 2 aromatic carbocycles. The number of amides is 1. The largest absolute Gasteiger partial charge is 0.507 e. The molecule has 0 saturated carbocycles. The first-order valence-electron chi connectivity index (χ1n) is 8.46. The van der Waals surface area contributed by atoms with Crippen molar-refractivity contribution in [3.8, 4) is 5.75 Å². The van der Waals surface area contributed by atoms with Crippen LogP contribution in [-0.4, -0.2) is 28.7 Å². The summed E-state index contributed by atoms with van der Waals surface area (Å²) in [6, 6.07) is 13.1. The summed E-state index contributed by atoms with van der Waals surface area (Å²) in [7, 11) is 0. The van der Waals surface area contributed by atoms with E-state index in [-0.39, 0.29) is 29.8 Å². The lowest BCUT2D eigenvalue weighted by atomic mass is 10.0. The molecule has 0 saturated heterocycles. The van der Waals surface area contributed by atoms with E-state index in [1.165, 1.54) is 23.3 Å². The van der Waals surface area contributed by atoms with Gasteiger partial charge in [0.15, 0.2) is 0 Å². The first kappa shape index (κ1) is 22.0. The Bertz CT molecular complexity index is 719. The van der Waals surface area contributed by atoms with Crippen LogP contribution in [-0.2, 0) is 6.42 Å². The topological polar surface area (TPSA) is 95.6 Å². The predicted molar refractivity (Wildman–Crippen MR) is 106 cm³/mol. The van der Waals surface area contributed by atoms with Gasteiger partial charge in [0.1, 0.15) is 5.75 Å². The smallest absolute Gasteiger partial charge is 0.252 e. The van der Waals surface area contributed by atoms with E-state index >= 15 is 0 Å². The van der Waals surface area contributed by atoms with Crippen LogP contribution in [0.25, 0.3) is 0 Å². The van der Waals surface area contributed by atoms with Crippen molar-refractivity contribution in [3.63, 3.8) is 0 Å². The second-order valence-corrected chi connectivity index (χ2v) is 6.49. The van der Waals surface area contributed by atoms with E-state index in [1.54, 1.807) is 6.07 Å². The fourth-order valence-electron chi connectivity index (χ4n) is 2.63. The van der Waals surface area contributed by atoms with Gasteiger partial charge in [-0.2, -0.15) is 0 Å². The van der Waals surface area contributed by atoms with Gasteiger partial charge in [-0.05, 0) is 49.9 Å². The Labute approximate surface area is 160 Å². The quantitative estimate of drug-likeness (QED) is 0.568. The molecule has 0 aliphatic heterocycles. The van der Waals surface area contributed by atoms with Crippen LogP contribution in [0.5, 0.6) is 5.75 Å². The lowest BCUT2D eigenvalue weighted by Crippen LogP contribution is -2.31. The Hall–Kier alpha value is -2.08. The summed E-state index contributed by atoms with van der Waals surface area (Å²) >= 11 is 0. The minimum atomic E-state index is -0.777. The maximum Gasteiger partial charge on any atom is 0.252 e. The van der Waals surface area contributed by atoms with Crippen molar-refractivity contribution in [2.45, 2.75) is 38.8 Å². The van der Waals surface area contributed by atoms with Gasteiger partial charge in [-0.3, -0.25) is 4.79 Å². The van der Waals surface area contributed by atoms with E-state index in [4.69, 9.17) is 5.73 Å². The average molecular weight is 379 g/mol. The van der Waals surface area contributed by atoms with Crippen molar-refractivity contribution >= 4 is 18.3 Å². The number of aryl methyl sites for hydroxylation is 2. The summed E-state index contributed by atoms with van der Waals surface area (Å²) in [6.45, 7) is 4.51. The molecule has 2 aromatic rings. The van der Waals surface area contributed by atoms with Gasteiger partial charge >= 0.3 is 0 Å². The predicted octanol–water partition coefficient (Wildman–Crippen LogP) is 2.87. The molecular weight excluding hydrogens is 352 g/mol. The Morgan fingerprint density at radius 3 is 2.46 bits per heavy atom. The van der Waals surface area contributed by atoms with Crippen LogP contribution in [0.4, 0.5) is 0 Å². The molecule has 2 atom stereocenters. The number of halogens is 1. The molecule has 6 heteroatoms. The molecule has 0 spiro atoms. The SMILES string of the molecule is Cc1ccc(CCC(C)NCC(O)c2ccc(O)c(C(N)=O)c2)cc1.Cl. The molecule has 26 heavy (non-hydrogen) atoms. The highest BCUT2D eigenvalue weighted by molar-refractivity contribution is 5.95. The monoisotopic (exact) mass is 378 g/mol. The summed E-state index contributed by atoms with van der Waals surface area (Å²) in [6.07, 6.45) is 1.15. The minimum Gasteiger partial charge on any atom is -0.507 e. The zero-order chi connectivity index (χ0) is 18.4. The number of carbonyl (C=O) groups is 1. The Morgan fingerprint density at radius 1 is 1.19 bits per heavy atom. The molecule has 0 aromatic heterocycles. The molecular formula is C20H27ClN2O3. The van der Waals surface area contributed by atoms with E-state index in [2.05, 4.69) is 43.4 Å². The highest BCUT2D eigenvalue weighted by Crippen LogP contribution is 2.22. The zero-order valence-electron chi connectivity index (χ0n) is 15.1. The Kier molecular flexibility index (Phi) is 8.58. The summed E-state index contributed by atoms with van der Waals surface area (Å²) in [5, 5.41) is 23.2. The van der Waals surface area contributed by atoms with E-state index in [9.17, 15) is 15.0 Å². The third-order valence-electron chi connectivity index (χ3n) is 4.32. The molecule has 2 rings (SSSR count). The molecule has 0 bridgehead atoms. The number of rotatable bonds is 8. The van der Waals surface area contributed by atoms with Gasteiger partial charge in [0, 0.05) is 12.6 Å².